The van der Waals surface area contributed by atoms with E-state index in [9.17, 15) is 4.79 Å². The number of nitrogens with one attached hydrogen (secondary N) is 1. The van der Waals surface area contributed by atoms with E-state index in [-0.39, 0.29) is 11.9 Å². The first-order valence-electron chi connectivity index (χ1n) is 9.31. The van der Waals surface area contributed by atoms with Gasteiger partial charge in [0.05, 0.1) is 17.4 Å². The Hall–Kier alpha value is -2.47. The third-order valence-corrected chi connectivity index (χ3v) is 5.92. The van der Waals surface area contributed by atoms with Gasteiger partial charge in [0.2, 0.25) is 0 Å². The largest absolute Gasteiger partial charge is 0.344 e. The first-order chi connectivity index (χ1) is 13.2. The average Bonchev–Trinajstić information content (AvgIpc) is 3.30. The van der Waals surface area contributed by atoms with Crippen molar-refractivity contribution in [3.8, 4) is 5.69 Å². The molecule has 2 aliphatic rings. The van der Waals surface area contributed by atoms with Crippen molar-refractivity contribution in [3.63, 3.8) is 0 Å². The van der Waals surface area contributed by atoms with Crippen LogP contribution in [-0.4, -0.2) is 20.9 Å². The molecule has 0 bridgehead atoms. The molecule has 2 aliphatic carbocycles. The summed E-state index contributed by atoms with van der Waals surface area (Å²) in [6, 6.07) is 16.3. The lowest BCUT2D eigenvalue weighted by atomic mass is 10.1. The summed E-state index contributed by atoms with van der Waals surface area (Å²) >= 11 is 3.46. The molecule has 27 heavy (non-hydrogen) atoms. The van der Waals surface area contributed by atoms with Crippen LogP contribution in [0, 0.1) is 0 Å². The quantitative estimate of drug-likeness (QED) is 0.680. The highest BCUT2D eigenvalue weighted by molar-refractivity contribution is 9.10. The predicted octanol–water partition coefficient (Wildman–Crippen LogP) is 4.32. The Balaban J connectivity index is 1.45. The Bertz CT molecular complexity index is 1010. The van der Waals surface area contributed by atoms with E-state index in [1.807, 2.05) is 35.0 Å². The second kappa shape index (κ2) is 6.60. The maximum absolute atomic E-state index is 13.0. The van der Waals surface area contributed by atoms with Crippen molar-refractivity contribution < 1.29 is 4.79 Å². The topological polar surface area (TPSA) is 59.8 Å². The van der Waals surface area contributed by atoms with E-state index in [0.29, 0.717) is 11.6 Å². The van der Waals surface area contributed by atoms with Crippen LogP contribution >= 0.6 is 15.9 Å². The Morgan fingerprint density at radius 3 is 2.63 bits per heavy atom. The molecule has 1 amide bonds. The predicted molar refractivity (Wildman–Crippen MR) is 106 cm³/mol. The highest BCUT2D eigenvalue weighted by Crippen LogP contribution is 2.42. The van der Waals surface area contributed by atoms with Gasteiger partial charge in [-0.2, -0.15) is 0 Å². The molecule has 1 atom stereocenters. The molecule has 1 heterocycles. The maximum atomic E-state index is 13.0. The number of carbonyl (C=O) groups excluding carboxylic acids is 1. The van der Waals surface area contributed by atoms with Gasteiger partial charge in [-0.25, -0.2) is 4.68 Å². The number of fused-ring (bicyclic) bond motifs is 1. The third-order valence-electron chi connectivity index (χ3n) is 5.39. The summed E-state index contributed by atoms with van der Waals surface area (Å²) in [5.41, 5.74) is 4.87. The molecule has 5 rings (SSSR count). The number of benzene rings is 2. The summed E-state index contributed by atoms with van der Waals surface area (Å²) in [6.45, 7) is 0. The van der Waals surface area contributed by atoms with Gasteiger partial charge in [0.15, 0.2) is 5.69 Å². The minimum Gasteiger partial charge on any atom is -0.344 e. The molecule has 5 nitrogen and oxygen atoms in total. The van der Waals surface area contributed by atoms with Gasteiger partial charge in [0.25, 0.3) is 5.91 Å². The van der Waals surface area contributed by atoms with E-state index >= 15 is 0 Å². The Labute approximate surface area is 165 Å². The normalized spacial score (nSPS) is 18.3. The van der Waals surface area contributed by atoms with E-state index in [1.54, 1.807) is 0 Å². The fourth-order valence-electron chi connectivity index (χ4n) is 3.88. The number of amides is 1. The molecule has 1 aromatic heterocycles. The molecule has 3 aromatic rings. The second-order valence-electron chi connectivity index (χ2n) is 7.25. The number of hydrogen-bond acceptors (Lipinski definition) is 3. The van der Waals surface area contributed by atoms with Crippen molar-refractivity contribution >= 4 is 21.8 Å². The van der Waals surface area contributed by atoms with Crippen molar-refractivity contribution in [1.82, 2.24) is 20.3 Å². The van der Waals surface area contributed by atoms with Crippen LogP contribution in [0.1, 0.15) is 58.5 Å². The third kappa shape index (κ3) is 3.08. The van der Waals surface area contributed by atoms with Crippen molar-refractivity contribution in [3.05, 3.63) is 75.5 Å². The molecule has 1 fully saturated rings. The molecule has 2 aromatic carbocycles. The molecule has 0 spiro atoms. The van der Waals surface area contributed by atoms with Crippen molar-refractivity contribution in [1.29, 1.82) is 0 Å². The molecule has 136 valence electrons. The molecule has 1 N–H and O–H groups in total. The fraction of sp³-hybridized carbons (Fsp3) is 0.286. The van der Waals surface area contributed by atoms with Gasteiger partial charge in [0, 0.05) is 10.4 Å². The van der Waals surface area contributed by atoms with Gasteiger partial charge < -0.3 is 5.32 Å². The van der Waals surface area contributed by atoms with E-state index in [2.05, 4.69) is 49.8 Å². The van der Waals surface area contributed by atoms with Crippen LogP contribution in [0.5, 0.6) is 0 Å². The van der Waals surface area contributed by atoms with Crippen molar-refractivity contribution in [2.24, 2.45) is 0 Å². The highest BCUT2D eigenvalue weighted by Gasteiger charge is 2.35. The molecule has 1 saturated carbocycles. The maximum Gasteiger partial charge on any atom is 0.274 e. The number of rotatable bonds is 4. The van der Waals surface area contributed by atoms with E-state index in [4.69, 9.17) is 0 Å². The number of halogens is 1. The molecule has 1 unspecified atom stereocenters. The van der Waals surface area contributed by atoms with Crippen LogP contribution in [0.25, 0.3) is 5.69 Å². The summed E-state index contributed by atoms with van der Waals surface area (Å²) in [5.74, 6) is 0.238. The summed E-state index contributed by atoms with van der Waals surface area (Å²) in [5, 5.41) is 11.8. The number of carbonyl (C=O) groups is 1. The molecule has 0 radical (unpaired) electrons. The van der Waals surface area contributed by atoms with Gasteiger partial charge in [0.1, 0.15) is 0 Å². The number of nitrogens with zero attached hydrogens (tertiary/aromatic N) is 3. The van der Waals surface area contributed by atoms with E-state index in [0.717, 1.165) is 41.5 Å². The molecule has 0 aliphatic heterocycles. The van der Waals surface area contributed by atoms with E-state index < -0.39 is 0 Å². The fourth-order valence-corrected chi connectivity index (χ4v) is 4.14. The van der Waals surface area contributed by atoms with Gasteiger partial charge in [-0.3, -0.25) is 4.79 Å². The smallest absolute Gasteiger partial charge is 0.274 e. The van der Waals surface area contributed by atoms with Crippen LogP contribution in [0.3, 0.4) is 0 Å². The lowest BCUT2D eigenvalue weighted by Crippen LogP contribution is -2.28. The van der Waals surface area contributed by atoms with Crippen LogP contribution < -0.4 is 5.32 Å². The first kappa shape index (κ1) is 16.7. The molecular weight excluding hydrogens is 404 g/mol. The lowest BCUT2D eigenvalue weighted by Gasteiger charge is -2.14. The zero-order valence-electron chi connectivity index (χ0n) is 14.7. The van der Waals surface area contributed by atoms with Crippen molar-refractivity contribution in [2.45, 2.75) is 37.6 Å². The average molecular weight is 423 g/mol. The first-order valence-corrected chi connectivity index (χ1v) is 10.1. The second-order valence-corrected chi connectivity index (χ2v) is 8.16. The number of aromatic nitrogens is 3. The minimum atomic E-state index is -0.123. The van der Waals surface area contributed by atoms with Gasteiger partial charge >= 0.3 is 0 Å². The van der Waals surface area contributed by atoms with Crippen LogP contribution in [-0.2, 0) is 6.42 Å². The van der Waals surface area contributed by atoms with Gasteiger partial charge in [-0.1, -0.05) is 45.4 Å². The lowest BCUT2D eigenvalue weighted by molar-refractivity contribution is 0.0930. The summed E-state index contributed by atoms with van der Waals surface area (Å²) in [4.78, 5) is 13.0. The van der Waals surface area contributed by atoms with Crippen molar-refractivity contribution in [2.75, 3.05) is 0 Å². The van der Waals surface area contributed by atoms with Gasteiger partial charge in [-0.15, -0.1) is 5.10 Å². The van der Waals surface area contributed by atoms with Crippen LogP contribution in [0.15, 0.2) is 53.0 Å². The molecular formula is C21H19BrN4O. The van der Waals surface area contributed by atoms with Crippen LogP contribution in [0.4, 0.5) is 0 Å². The Morgan fingerprint density at radius 2 is 1.85 bits per heavy atom. The Morgan fingerprint density at radius 1 is 1.07 bits per heavy atom. The minimum absolute atomic E-state index is 0.0542. The Kier molecular flexibility index (Phi) is 4.08. The number of aryl methyl sites for hydroxylation is 1. The molecule has 6 heteroatoms. The van der Waals surface area contributed by atoms with Crippen LogP contribution in [0.2, 0.25) is 0 Å². The summed E-state index contributed by atoms with van der Waals surface area (Å²) in [7, 11) is 0. The monoisotopic (exact) mass is 422 g/mol. The highest BCUT2D eigenvalue weighted by atomic mass is 79.9. The SMILES string of the molecule is O=C(NC1CCc2ccccc21)c1nnn(-c2ccc(Br)cc2)c1C1CC1. The number of hydrogen-bond donors (Lipinski definition) is 1. The summed E-state index contributed by atoms with van der Waals surface area (Å²) < 4.78 is 2.83. The van der Waals surface area contributed by atoms with E-state index in [1.165, 1.54) is 11.1 Å². The van der Waals surface area contributed by atoms with Gasteiger partial charge in [-0.05, 0) is 61.1 Å². The zero-order valence-corrected chi connectivity index (χ0v) is 16.3. The molecule has 0 saturated heterocycles. The zero-order chi connectivity index (χ0) is 18.4. The summed E-state index contributed by atoms with van der Waals surface area (Å²) in [6.07, 6.45) is 4.10. The standard InChI is InChI=1S/C21H19BrN4O/c22-15-8-10-16(11-9-15)26-20(14-5-6-14)19(24-25-26)21(27)23-18-12-7-13-3-1-2-4-17(13)18/h1-4,8-11,14,18H,5-7,12H2,(H,23,27).